The summed E-state index contributed by atoms with van der Waals surface area (Å²) >= 11 is 0. The molecule has 0 radical (unpaired) electrons. The number of ether oxygens (including phenoxy) is 1. The molecule has 4 heteroatoms. The quantitative estimate of drug-likeness (QED) is 0.776. The van der Waals surface area contributed by atoms with Crippen molar-refractivity contribution in [1.29, 1.82) is 0 Å². The van der Waals surface area contributed by atoms with Gasteiger partial charge in [0, 0.05) is 6.54 Å². The van der Waals surface area contributed by atoms with E-state index in [1.54, 1.807) is 0 Å². The van der Waals surface area contributed by atoms with E-state index in [1.807, 2.05) is 14.0 Å². The Balaban J connectivity index is 2.49. The summed E-state index contributed by atoms with van der Waals surface area (Å²) < 4.78 is 4.88. The molecule has 0 saturated carbocycles. The van der Waals surface area contributed by atoms with Crippen LogP contribution in [-0.2, 0) is 9.53 Å². The molecule has 1 saturated heterocycles. The maximum atomic E-state index is 11.8. The number of esters is 1. The van der Waals surface area contributed by atoms with Crippen LogP contribution < -0.4 is 5.32 Å². The van der Waals surface area contributed by atoms with Crippen LogP contribution in [0.1, 0.15) is 46.5 Å². The van der Waals surface area contributed by atoms with Crippen molar-refractivity contribution in [3.63, 3.8) is 0 Å². The maximum Gasteiger partial charge on any atom is 0.325 e. The Labute approximate surface area is 117 Å². The van der Waals surface area contributed by atoms with Crippen LogP contribution in [0.4, 0.5) is 0 Å². The van der Waals surface area contributed by atoms with E-state index in [9.17, 15) is 4.79 Å². The van der Waals surface area contributed by atoms with Crippen molar-refractivity contribution in [1.82, 2.24) is 10.2 Å². The number of carbonyl (C=O) groups excluding carboxylic acids is 1. The average Bonchev–Trinajstić information content (AvgIpc) is 2.56. The third-order valence-corrected chi connectivity index (χ3v) is 4.55. The Morgan fingerprint density at radius 3 is 2.63 bits per heavy atom. The number of hydrogen-bond acceptors (Lipinski definition) is 4. The fraction of sp³-hybridized carbons (Fsp3) is 0.933. The monoisotopic (exact) mass is 270 g/mol. The standard InChI is InChI=1S/C15H30N2O2/c1-14(2)7-6-10-17(11-8-14)12-9-15(3,16-4)13(18)19-5/h16H,6-12H2,1-5H3. The van der Waals surface area contributed by atoms with Gasteiger partial charge in [-0.2, -0.15) is 0 Å². The summed E-state index contributed by atoms with van der Waals surface area (Å²) in [5.41, 5.74) is -0.111. The number of methoxy groups -OCH3 is 1. The molecule has 0 aromatic carbocycles. The fourth-order valence-electron chi connectivity index (χ4n) is 2.64. The summed E-state index contributed by atoms with van der Waals surface area (Å²) in [6.07, 6.45) is 4.57. The minimum atomic E-state index is -0.573. The van der Waals surface area contributed by atoms with E-state index in [2.05, 4.69) is 24.1 Å². The highest BCUT2D eigenvalue weighted by Gasteiger charge is 2.33. The molecule has 1 fully saturated rings. The number of carbonyl (C=O) groups is 1. The van der Waals surface area contributed by atoms with E-state index in [-0.39, 0.29) is 5.97 Å². The third kappa shape index (κ3) is 4.77. The van der Waals surface area contributed by atoms with Gasteiger partial charge in [-0.15, -0.1) is 0 Å². The highest BCUT2D eigenvalue weighted by molar-refractivity contribution is 5.80. The molecule has 0 bridgehead atoms. The molecule has 112 valence electrons. The number of hydrogen-bond donors (Lipinski definition) is 1. The van der Waals surface area contributed by atoms with Gasteiger partial charge in [-0.3, -0.25) is 4.79 Å². The molecule has 1 unspecified atom stereocenters. The van der Waals surface area contributed by atoms with Gasteiger partial charge >= 0.3 is 5.97 Å². The molecule has 0 aromatic heterocycles. The lowest BCUT2D eigenvalue weighted by Crippen LogP contribution is -2.50. The van der Waals surface area contributed by atoms with Crippen LogP contribution in [0.15, 0.2) is 0 Å². The summed E-state index contributed by atoms with van der Waals surface area (Å²) in [4.78, 5) is 14.3. The SMILES string of the molecule is CNC(C)(CCN1CCCC(C)(C)CC1)C(=O)OC. The molecule has 1 atom stereocenters. The summed E-state index contributed by atoms with van der Waals surface area (Å²) in [5.74, 6) is -0.176. The fourth-order valence-corrected chi connectivity index (χ4v) is 2.64. The predicted molar refractivity (Wildman–Crippen MR) is 78.2 cm³/mol. The van der Waals surface area contributed by atoms with Crippen LogP contribution in [-0.4, -0.2) is 50.2 Å². The van der Waals surface area contributed by atoms with Gasteiger partial charge in [0.05, 0.1) is 7.11 Å². The first-order valence-corrected chi connectivity index (χ1v) is 7.33. The van der Waals surface area contributed by atoms with E-state index < -0.39 is 5.54 Å². The van der Waals surface area contributed by atoms with Crippen molar-refractivity contribution in [2.45, 2.75) is 52.0 Å². The maximum absolute atomic E-state index is 11.8. The normalized spacial score (nSPS) is 23.4. The molecular weight excluding hydrogens is 240 g/mol. The third-order valence-electron chi connectivity index (χ3n) is 4.55. The molecule has 1 aliphatic rings. The molecule has 1 N–H and O–H groups in total. The molecule has 0 aliphatic carbocycles. The Bertz CT molecular complexity index is 305. The molecular formula is C15H30N2O2. The molecule has 1 rings (SSSR count). The van der Waals surface area contributed by atoms with Crippen LogP contribution >= 0.6 is 0 Å². The molecule has 0 amide bonds. The van der Waals surface area contributed by atoms with E-state index in [4.69, 9.17) is 4.74 Å². The molecule has 1 heterocycles. The van der Waals surface area contributed by atoms with Crippen molar-refractivity contribution >= 4 is 5.97 Å². The molecule has 1 aliphatic heterocycles. The van der Waals surface area contributed by atoms with Gasteiger partial charge in [0.1, 0.15) is 5.54 Å². The van der Waals surface area contributed by atoms with E-state index in [1.165, 1.54) is 26.4 Å². The Morgan fingerprint density at radius 1 is 1.37 bits per heavy atom. The van der Waals surface area contributed by atoms with Crippen LogP contribution in [0.2, 0.25) is 0 Å². The van der Waals surface area contributed by atoms with Crippen LogP contribution in [0.5, 0.6) is 0 Å². The lowest BCUT2D eigenvalue weighted by Gasteiger charge is -2.30. The minimum Gasteiger partial charge on any atom is -0.468 e. The number of likely N-dealkylation sites (tertiary alicyclic amines) is 1. The molecule has 0 spiro atoms. The largest absolute Gasteiger partial charge is 0.468 e. The van der Waals surface area contributed by atoms with Crippen LogP contribution in [0.3, 0.4) is 0 Å². The zero-order valence-corrected chi connectivity index (χ0v) is 13.2. The number of rotatable bonds is 5. The second kappa shape index (κ2) is 6.71. The van der Waals surface area contributed by atoms with Gasteiger partial charge in [-0.1, -0.05) is 13.8 Å². The van der Waals surface area contributed by atoms with Gasteiger partial charge in [-0.05, 0) is 58.2 Å². The van der Waals surface area contributed by atoms with Crippen LogP contribution in [0.25, 0.3) is 0 Å². The highest BCUT2D eigenvalue weighted by Crippen LogP contribution is 2.30. The first-order valence-electron chi connectivity index (χ1n) is 7.33. The van der Waals surface area contributed by atoms with Crippen molar-refractivity contribution in [3.05, 3.63) is 0 Å². The van der Waals surface area contributed by atoms with E-state index in [0.717, 1.165) is 26.1 Å². The zero-order valence-electron chi connectivity index (χ0n) is 13.2. The van der Waals surface area contributed by atoms with Gasteiger partial charge in [0.25, 0.3) is 0 Å². The Hall–Kier alpha value is -0.610. The summed E-state index contributed by atoms with van der Waals surface area (Å²) in [5, 5.41) is 3.10. The topological polar surface area (TPSA) is 41.6 Å². The van der Waals surface area contributed by atoms with Crippen molar-refractivity contribution in [2.24, 2.45) is 5.41 Å². The first-order chi connectivity index (χ1) is 8.83. The first kappa shape index (κ1) is 16.4. The zero-order chi connectivity index (χ0) is 14.5. The van der Waals surface area contributed by atoms with Crippen molar-refractivity contribution in [3.8, 4) is 0 Å². The van der Waals surface area contributed by atoms with Gasteiger partial charge in [-0.25, -0.2) is 0 Å². The number of nitrogens with one attached hydrogen (secondary N) is 1. The van der Waals surface area contributed by atoms with Gasteiger partial charge in [0.15, 0.2) is 0 Å². The summed E-state index contributed by atoms with van der Waals surface area (Å²) in [6.45, 7) is 9.84. The highest BCUT2D eigenvalue weighted by atomic mass is 16.5. The van der Waals surface area contributed by atoms with Gasteiger partial charge in [0.2, 0.25) is 0 Å². The van der Waals surface area contributed by atoms with E-state index >= 15 is 0 Å². The molecule has 0 aromatic rings. The second-order valence-corrected chi connectivity index (χ2v) is 6.68. The van der Waals surface area contributed by atoms with Crippen molar-refractivity contribution in [2.75, 3.05) is 33.8 Å². The number of likely N-dealkylation sites (N-methyl/N-ethyl adjacent to an activating group) is 1. The Kier molecular flexibility index (Phi) is 5.81. The molecule has 19 heavy (non-hydrogen) atoms. The lowest BCUT2D eigenvalue weighted by atomic mass is 9.85. The Morgan fingerprint density at radius 2 is 2.05 bits per heavy atom. The minimum absolute atomic E-state index is 0.176. The summed E-state index contributed by atoms with van der Waals surface area (Å²) in [7, 11) is 3.27. The smallest absolute Gasteiger partial charge is 0.325 e. The van der Waals surface area contributed by atoms with Gasteiger partial charge < -0.3 is 15.0 Å². The lowest BCUT2D eigenvalue weighted by molar-refractivity contribution is -0.148. The van der Waals surface area contributed by atoms with Crippen LogP contribution in [0, 0.1) is 5.41 Å². The summed E-state index contributed by atoms with van der Waals surface area (Å²) in [6, 6.07) is 0. The number of nitrogens with zero attached hydrogens (tertiary/aromatic N) is 1. The van der Waals surface area contributed by atoms with Crippen molar-refractivity contribution < 1.29 is 9.53 Å². The van der Waals surface area contributed by atoms with E-state index in [0.29, 0.717) is 5.41 Å². The average molecular weight is 270 g/mol. The molecule has 4 nitrogen and oxygen atoms in total. The second-order valence-electron chi connectivity index (χ2n) is 6.68. The predicted octanol–water partition coefficient (Wildman–Crippen LogP) is 2.04.